The van der Waals surface area contributed by atoms with E-state index >= 15 is 0 Å². The van der Waals surface area contributed by atoms with E-state index in [4.69, 9.17) is 4.74 Å². The maximum Gasteiger partial charge on any atom is 0.339 e. The van der Waals surface area contributed by atoms with Crippen molar-refractivity contribution < 1.29 is 19.0 Å². The molecule has 6 heteroatoms. The maximum atomic E-state index is 13.5. The van der Waals surface area contributed by atoms with E-state index in [0.717, 1.165) is 0 Å². The molecule has 1 aromatic heterocycles. The summed E-state index contributed by atoms with van der Waals surface area (Å²) >= 11 is 0. The van der Waals surface area contributed by atoms with Gasteiger partial charge in [-0.3, -0.25) is 0 Å². The normalized spacial score (nSPS) is 10.4. The number of ether oxygens (including phenoxy) is 1. The molecule has 1 heterocycles. The summed E-state index contributed by atoms with van der Waals surface area (Å²) in [5.41, 5.74) is 0.711. The van der Waals surface area contributed by atoms with Gasteiger partial charge in [-0.05, 0) is 32.0 Å². The Morgan fingerprint density at radius 2 is 2.00 bits per heavy atom. The average molecular weight is 276 g/mol. The molecule has 0 unspecified atom stereocenters. The van der Waals surface area contributed by atoms with Crippen molar-refractivity contribution in [3.05, 3.63) is 41.1 Å². The molecule has 0 aliphatic rings. The predicted molar refractivity (Wildman–Crippen MR) is 70.4 cm³/mol. The summed E-state index contributed by atoms with van der Waals surface area (Å²) in [7, 11) is 1.43. The first-order valence-corrected chi connectivity index (χ1v) is 5.86. The summed E-state index contributed by atoms with van der Waals surface area (Å²) in [6.45, 7) is 3.22. The molecule has 20 heavy (non-hydrogen) atoms. The van der Waals surface area contributed by atoms with E-state index < -0.39 is 11.8 Å². The van der Waals surface area contributed by atoms with Gasteiger partial charge in [0.05, 0.1) is 18.5 Å². The number of halogens is 1. The zero-order valence-corrected chi connectivity index (χ0v) is 11.3. The van der Waals surface area contributed by atoms with Gasteiger partial charge in [-0.25, -0.2) is 19.2 Å². The van der Waals surface area contributed by atoms with Crippen molar-refractivity contribution in [3.63, 3.8) is 0 Å². The van der Waals surface area contributed by atoms with Crippen LogP contribution in [0, 0.1) is 19.7 Å². The predicted octanol–water partition coefficient (Wildman–Crippen LogP) is 2.61. The van der Waals surface area contributed by atoms with Gasteiger partial charge in [-0.2, -0.15) is 0 Å². The Balaban J connectivity index is 2.81. The first kappa shape index (κ1) is 13.9. The molecule has 5 nitrogen and oxygen atoms in total. The lowest BCUT2D eigenvalue weighted by Crippen LogP contribution is -2.09. The van der Waals surface area contributed by atoms with Crippen molar-refractivity contribution in [3.8, 4) is 17.0 Å². The lowest BCUT2D eigenvalue weighted by atomic mass is 10.0. The van der Waals surface area contributed by atoms with Crippen molar-refractivity contribution in [2.45, 2.75) is 13.8 Å². The van der Waals surface area contributed by atoms with Crippen molar-refractivity contribution in [2.75, 3.05) is 7.11 Å². The Kier molecular flexibility index (Phi) is 3.65. The molecule has 0 aliphatic heterocycles. The number of hydrogen-bond donors (Lipinski definition) is 1. The monoisotopic (exact) mass is 276 g/mol. The second kappa shape index (κ2) is 5.24. The fourth-order valence-corrected chi connectivity index (χ4v) is 2.03. The molecule has 2 aromatic rings. The van der Waals surface area contributed by atoms with Crippen LogP contribution >= 0.6 is 0 Å². The van der Waals surface area contributed by atoms with E-state index in [0.29, 0.717) is 22.8 Å². The largest absolute Gasteiger partial charge is 0.496 e. The zero-order valence-electron chi connectivity index (χ0n) is 11.3. The van der Waals surface area contributed by atoms with Gasteiger partial charge >= 0.3 is 5.97 Å². The molecule has 1 N–H and O–H groups in total. The second-order valence-corrected chi connectivity index (χ2v) is 4.23. The van der Waals surface area contributed by atoms with E-state index in [2.05, 4.69) is 9.97 Å². The highest BCUT2D eigenvalue weighted by Gasteiger charge is 2.21. The minimum atomic E-state index is -1.16. The Morgan fingerprint density at radius 1 is 1.30 bits per heavy atom. The zero-order chi connectivity index (χ0) is 14.9. The van der Waals surface area contributed by atoms with Crippen molar-refractivity contribution in [1.29, 1.82) is 0 Å². The molecule has 0 amide bonds. The summed E-state index contributed by atoms with van der Waals surface area (Å²) in [6.07, 6.45) is 0. The number of rotatable bonds is 3. The summed E-state index contributed by atoms with van der Waals surface area (Å²) in [5.74, 6) is -0.893. The van der Waals surface area contributed by atoms with Gasteiger partial charge in [0.1, 0.15) is 23.0 Å². The van der Waals surface area contributed by atoms with Crippen LogP contribution < -0.4 is 4.74 Å². The fourth-order valence-electron chi connectivity index (χ4n) is 2.03. The average Bonchev–Trinajstić information content (AvgIpc) is 2.37. The third-order valence-corrected chi connectivity index (χ3v) is 2.83. The molecular formula is C14H13FN2O3. The van der Waals surface area contributed by atoms with Crippen molar-refractivity contribution in [1.82, 2.24) is 9.97 Å². The number of aryl methyl sites for hydroxylation is 2. The van der Waals surface area contributed by atoms with Crippen molar-refractivity contribution >= 4 is 5.97 Å². The van der Waals surface area contributed by atoms with Gasteiger partial charge < -0.3 is 9.84 Å². The Labute approximate surface area is 115 Å². The van der Waals surface area contributed by atoms with Crippen LogP contribution in [0.3, 0.4) is 0 Å². The number of hydrogen-bond acceptors (Lipinski definition) is 4. The number of carboxylic acid groups (broad SMARTS) is 1. The van der Waals surface area contributed by atoms with Gasteiger partial charge in [0.2, 0.25) is 0 Å². The second-order valence-electron chi connectivity index (χ2n) is 4.23. The van der Waals surface area contributed by atoms with E-state index in [-0.39, 0.29) is 11.3 Å². The van der Waals surface area contributed by atoms with Crippen LogP contribution in [0.4, 0.5) is 4.39 Å². The Morgan fingerprint density at radius 3 is 2.60 bits per heavy atom. The Hall–Kier alpha value is -2.50. The van der Waals surface area contributed by atoms with E-state index in [9.17, 15) is 14.3 Å². The fraction of sp³-hybridized carbons (Fsp3) is 0.214. The molecule has 0 fully saturated rings. The minimum absolute atomic E-state index is 0.0560. The van der Waals surface area contributed by atoms with Gasteiger partial charge in [0.25, 0.3) is 0 Å². The molecule has 2 rings (SSSR count). The maximum absolute atomic E-state index is 13.5. The number of carbonyl (C=O) groups is 1. The molecule has 1 aromatic carbocycles. The lowest BCUT2D eigenvalue weighted by Gasteiger charge is -2.12. The molecule has 0 bridgehead atoms. The van der Waals surface area contributed by atoms with Crippen molar-refractivity contribution in [2.24, 2.45) is 0 Å². The number of aromatic carboxylic acids is 1. The molecule has 0 saturated carbocycles. The standard InChI is InChI=1S/C14H13FN2O3/c1-7-12(14(18)19)13(17-8(2)16-7)10-6-9(15)4-5-11(10)20-3/h4-6H,1-3H3,(H,18,19). The number of aromatic nitrogens is 2. The molecule has 104 valence electrons. The molecular weight excluding hydrogens is 263 g/mol. The van der Waals surface area contributed by atoms with E-state index in [1.54, 1.807) is 13.8 Å². The van der Waals surface area contributed by atoms with Crippen LogP contribution in [0.25, 0.3) is 11.3 Å². The SMILES string of the molecule is COc1ccc(F)cc1-c1nc(C)nc(C)c1C(=O)O. The van der Waals surface area contributed by atoms with Crippen LogP contribution in [0.2, 0.25) is 0 Å². The summed E-state index contributed by atoms with van der Waals surface area (Å²) in [4.78, 5) is 19.6. The molecule has 0 spiro atoms. The number of nitrogens with zero attached hydrogens (tertiary/aromatic N) is 2. The third-order valence-electron chi connectivity index (χ3n) is 2.83. The highest BCUT2D eigenvalue weighted by atomic mass is 19.1. The highest BCUT2D eigenvalue weighted by molar-refractivity contribution is 5.96. The minimum Gasteiger partial charge on any atom is -0.496 e. The highest BCUT2D eigenvalue weighted by Crippen LogP contribution is 2.32. The topological polar surface area (TPSA) is 72.3 Å². The number of methoxy groups -OCH3 is 1. The van der Waals surface area contributed by atoms with E-state index in [1.807, 2.05) is 0 Å². The lowest BCUT2D eigenvalue weighted by molar-refractivity contribution is 0.0696. The van der Waals surface area contributed by atoms with Crippen LogP contribution in [0.15, 0.2) is 18.2 Å². The van der Waals surface area contributed by atoms with Crippen LogP contribution in [0.5, 0.6) is 5.75 Å². The van der Waals surface area contributed by atoms with E-state index in [1.165, 1.54) is 25.3 Å². The van der Waals surface area contributed by atoms with Gasteiger partial charge in [-0.1, -0.05) is 0 Å². The van der Waals surface area contributed by atoms with Gasteiger partial charge in [0, 0.05) is 5.56 Å². The smallest absolute Gasteiger partial charge is 0.339 e. The van der Waals surface area contributed by atoms with Gasteiger partial charge in [0.15, 0.2) is 0 Å². The number of carboxylic acids is 1. The van der Waals surface area contributed by atoms with Crippen LogP contribution in [0.1, 0.15) is 21.9 Å². The number of benzene rings is 1. The van der Waals surface area contributed by atoms with Gasteiger partial charge in [-0.15, -0.1) is 0 Å². The summed E-state index contributed by atoms with van der Waals surface area (Å²) in [6, 6.07) is 3.87. The van der Waals surface area contributed by atoms with Crippen LogP contribution in [-0.4, -0.2) is 28.2 Å². The Bertz CT molecular complexity index is 686. The molecule has 0 saturated heterocycles. The first-order valence-electron chi connectivity index (χ1n) is 5.86. The molecule has 0 atom stereocenters. The molecule has 0 aliphatic carbocycles. The molecule has 0 radical (unpaired) electrons. The first-order chi connectivity index (χ1) is 9.43. The summed E-state index contributed by atoms with van der Waals surface area (Å²) < 4.78 is 18.6. The summed E-state index contributed by atoms with van der Waals surface area (Å²) in [5, 5.41) is 9.32. The quantitative estimate of drug-likeness (QED) is 0.932. The van der Waals surface area contributed by atoms with Crippen LogP contribution in [-0.2, 0) is 0 Å². The third kappa shape index (κ3) is 2.45.